The number of alkyl halides is 3. The minimum absolute atomic E-state index is 0.0833. The Hall–Kier alpha value is -3.71. The summed E-state index contributed by atoms with van der Waals surface area (Å²) in [5, 5.41) is 10.6. The number of aryl methyl sites for hydroxylation is 1. The molecular weight excluding hydrogens is 573 g/mol. The Morgan fingerprint density at radius 1 is 1.16 bits per heavy atom. The third kappa shape index (κ3) is 5.52. The topological polar surface area (TPSA) is 86.3 Å². The predicted octanol–water partition coefficient (Wildman–Crippen LogP) is 6.29. The number of aromatic nitrogens is 5. The Kier molecular flexibility index (Phi) is 6.73. The molecule has 1 N–H and O–H groups in total. The number of nitrogens with zero attached hydrogens (tertiary/aromatic N) is 5. The number of fused-ring (bicyclic) bond motifs is 1. The Labute approximate surface area is 220 Å². The molecule has 0 aliphatic heterocycles. The molecule has 4 aromatic heterocycles. The lowest BCUT2D eigenvalue weighted by atomic mass is 10.2. The van der Waals surface area contributed by atoms with Gasteiger partial charge in [0.2, 0.25) is 0 Å². The van der Waals surface area contributed by atoms with E-state index in [4.69, 9.17) is 4.74 Å². The molecule has 5 rings (SSSR count). The largest absolute Gasteiger partial charge is 0.471 e. The number of carbonyl (C=O) groups excluding carboxylic acids is 1. The molecular formula is C24H18BrF3N6O2S. The van der Waals surface area contributed by atoms with Gasteiger partial charge >= 0.3 is 6.18 Å². The maximum absolute atomic E-state index is 13.8. The number of thiophene rings is 1. The Balaban J connectivity index is 1.36. The number of halogens is 4. The number of benzene rings is 1. The van der Waals surface area contributed by atoms with Crippen LogP contribution in [0.15, 0.2) is 65.4 Å². The van der Waals surface area contributed by atoms with Crippen molar-refractivity contribution in [2.75, 3.05) is 5.32 Å². The van der Waals surface area contributed by atoms with Crippen LogP contribution in [-0.2, 0) is 19.3 Å². The molecule has 0 unspecified atom stereocenters. The molecule has 0 saturated carbocycles. The maximum Gasteiger partial charge on any atom is 0.433 e. The number of hydrogen-bond acceptors (Lipinski definition) is 6. The average molecular weight is 591 g/mol. The van der Waals surface area contributed by atoms with Gasteiger partial charge < -0.3 is 10.1 Å². The summed E-state index contributed by atoms with van der Waals surface area (Å²) >= 11 is 4.72. The molecule has 0 saturated heterocycles. The standard InChI is InChI=1S/C24H18BrF3N6O2S/c1-2-17-7-8-20(37-17)18-9-21(24(26,27)28)34-22(31-18)10-19(32-34)23(35)30-15-11-29-33(12-15)13-36-16-5-3-14(25)4-6-16/h3-12H,2,13H2,1H3,(H,30,35). The number of amides is 1. The molecule has 0 radical (unpaired) electrons. The lowest BCUT2D eigenvalue weighted by Crippen LogP contribution is -2.15. The van der Waals surface area contributed by atoms with Gasteiger partial charge in [-0.25, -0.2) is 14.2 Å². The summed E-state index contributed by atoms with van der Waals surface area (Å²) in [5.74, 6) is -0.0623. The molecule has 1 amide bonds. The first kappa shape index (κ1) is 25.0. The molecule has 0 spiro atoms. The molecule has 0 fully saturated rings. The molecule has 0 aliphatic carbocycles. The van der Waals surface area contributed by atoms with E-state index in [2.05, 4.69) is 36.4 Å². The number of ether oxygens (including phenoxy) is 1. The summed E-state index contributed by atoms with van der Waals surface area (Å²) in [6.45, 7) is 2.06. The van der Waals surface area contributed by atoms with E-state index in [0.29, 0.717) is 20.8 Å². The highest BCUT2D eigenvalue weighted by molar-refractivity contribution is 9.10. The minimum atomic E-state index is -4.70. The SMILES string of the molecule is CCc1ccc(-c2cc(C(F)(F)F)n3nc(C(=O)Nc4cnn(COc5ccc(Br)cc5)c4)cc3n2)s1. The van der Waals surface area contributed by atoms with E-state index >= 15 is 0 Å². The molecule has 5 aromatic rings. The molecule has 0 atom stereocenters. The Bertz CT molecular complexity index is 1580. The third-order valence-electron chi connectivity index (χ3n) is 5.28. The number of carbonyl (C=O) groups is 1. The second-order valence-electron chi connectivity index (χ2n) is 7.89. The zero-order chi connectivity index (χ0) is 26.2. The van der Waals surface area contributed by atoms with Crippen LogP contribution in [0.3, 0.4) is 0 Å². The molecule has 8 nitrogen and oxygen atoms in total. The first-order chi connectivity index (χ1) is 17.7. The van der Waals surface area contributed by atoms with Gasteiger partial charge in [-0.15, -0.1) is 11.3 Å². The Morgan fingerprint density at radius 2 is 1.95 bits per heavy atom. The van der Waals surface area contributed by atoms with Gasteiger partial charge in [0, 0.05) is 15.4 Å². The Morgan fingerprint density at radius 3 is 2.65 bits per heavy atom. The van der Waals surface area contributed by atoms with Crippen LogP contribution in [0, 0.1) is 0 Å². The second kappa shape index (κ2) is 9.98. The van der Waals surface area contributed by atoms with Crippen LogP contribution in [0.1, 0.15) is 28.0 Å². The van der Waals surface area contributed by atoms with Crippen molar-refractivity contribution in [1.82, 2.24) is 24.4 Å². The predicted molar refractivity (Wildman–Crippen MR) is 136 cm³/mol. The van der Waals surface area contributed by atoms with Crippen molar-refractivity contribution in [3.8, 4) is 16.3 Å². The number of rotatable bonds is 7. The first-order valence-electron chi connectivity index (χ1n) is 11.0. The fourth-order valence-electron chi connectivity index (χ4n) is 3.48. The molecule has 4 heterocycles. The lowest BCUT2D eigenvalue weighted by Gasteiger charge is -2.10. The van der Waals surface area contributed by atoms with E-state index in [0.717, 1.165) is 21.8 Å². The van der Waals surface area contributed by atoms with Gasteiger partial charge in [0.25, 0.3) is 5.91 Å². The van der Waals surface area contributed by atoms with Crippen LogP contribution in [0.2, 0.25) is 0 Å². The van der Waals surface area contributed by atoms with Gasteiger partial charge in [-0.3, -0.25) is 4.79 Å². The summed E-state index contributed by atoms with van der Waals surface area (Å²) < 4.78 is 50.2. The van der Waals surface area contributed by atoms with Crippen molar-refractivity contribution in [2.24, 2.45) is 0 Å². The highest BCUT2D eigenvalue weighted by atomic mass is 79.9. The smallest absolute Gasteiger partial charge is 0.433 e. The van der Waals surface area contributed by atoms with Crippen LogP contribution >= 0.6 is 27.3 Å². The van der Waals surface area contributed by atoms with E-state index in [1.54, 1.807) is 18.2 Å². The van der Waals surface area contributed by atoms with E-state index in [9.17, 15) is 18.0 Å². The fraction of sp³-hybridized carbons (Fsp3) is 0.167. The summed E-state index contributed by atoms with van der Waals surface area (Å²) in [6, 6.07) is 13.0. The van der Waals surface area contributed by atoms with E-state index < -0.39 is 17.8 Å². The van der Waals surface area contributed by atoms with Crippen molar-refractivity contribution < 1.29 is 22.7 Å². The van der Waals surface area contributed by atoms with Crippen LogP contribution in [0.5, 0.6) is 5.75 Å². The highest BCUT2D eigenvalue weighted by Gasteiger charge is 2.36. The third-order valence-corrected chi connectivity index (χ3v) is 7.06. The molecule has 1 aromatic carbocycles. The number of nitrogens with one attached hydrogen (secondary N) is 1. The minimum Gasteiger partial charge on any atom is -0.471 e. The zero-order valence-electron chi connectivity index (χ0n) is 19.2. The van der Waals surface area contributed by atoms with E-state index in [1.807, 2.05) is 25.1 Å². The fourth-order valence-corrected chi connectivity index (χ4v) is 4.66. The van der Waals surface area contributed by atoms with E-state index in [1.165, 1.54) is 34.5 Å². The van der Waals surface area contributed by atoms with Gasteiger partial charge in [-0.2, -0.15) is 23.4 Å². The second-order valence-corrected chi connectivity index (χ2v) is 9.98. The van der Waals surface area contributed by atoms with Crippen LogP contribution in [0.25, 0.3) is 16.2 Å². The van der Waals surface area contributed by atoms with Gasteiger partial charge in [-0.05, 0) is 48.9 Å². The van der Waals surface area contributed by atoms with Gasteiger partial charge in [-0.1, -0.05) is 22.9 Å². The normalized spacial score (nSPS) is 11.7. The number of anilines is 1. The van der Waals surface area contributed by atoms with Gasteiger partial charge in [0.1, 0.15) is 5.75 Å². The summed E-state index contributed by atoms with van der Waals surface area (Å²) in [5.41, 5.74) is -0.814. The molecule has 13 heteroatoms. The lowest BCUT2D eigenvalue weighted by molar-refractivity contribution is -0.142. The first-order valence-corrected chi connectivity index (χ1v) is 12.6. The summed E-state index contributed by atoms with van der Waals surface area (Å²) in [6.07, 6.45) is -0.996. The van der Waals surface area contributed by atoms with Crippen molar-refractivity contribution in [3.63, 3.8) is 0 Å². The van der Waals surface area contributed by atoms with Gasteiger partial charge in [0.15, 0.2) is 23.8 Å². The zero-order valence-corrected chi connectivity index (χ0v) is 21.6. The van der Waals surface area contributed by atoms with Crippen LogP contribution in [-0.4, -0.2) is 30.3 Å². The monoisotopic (exact) mass is 590 g/mol. The van der Waals surface area contributed by atoms with Crippen molar-refractivity contribution >= 4 is 44.5 Å². The molecule has 37 heavy (non-hydrogen) atoms. The summed E-state index contributed by atoms with van der Waals surface area (Å²) in [7, 11) is 0. The van der Waals surface area contributed by atoms with Gasteiger partial charge in [0.05, 0.1) is 28.7 Å². The number of hydrogen-bond donors (Lipinski definition) is 1. The quantitative estimate of drug-likeness (QED) is 0.241. The molecule has 0 bridgehead atoms. The summed E-state index contributed by atoms with van der Waals surface area (Å²) in [4.78, 5) is 18.8. The highest BCUT2D eigenvalue weighted by Crippen LogP contribution is 2.34. The average Bonchev–Trinajstić information content (AvgIpc) is 3.61. The molecule has 190 valence electrons. The maximum atomic E-state index is 13.8. The van der Waals surface area contributed by atoms with Crippen molar-refractivity contribution in [3.05, 3.63) is 81.7 Å². The van der Waals surface area contributed by atoms with Crippen LogP contribution < -0.4 is 10.1 Å². The van der Waals surface area contributed by atoms with Crippen LogP contribution in [0.4, 0.5) is 18.9 Å². The molecule has 0 aliphatic rings. The van der Waals surface area contributed by atoms with Crippen molar-refractivity contribution in [1.29, 1.82) is 0 Å². The van der Waals surface area contributed by atoms with Crippen molar-refractivity contribution in [2.45, 2.75) is 26.3 Å². The van der Waals surface area contributed by atoms with E-state index in [-0.39, 0.29) is 23.8 Å².